The Hall–Kier alpha value is -1.53. The first-order valence-electron chi connectivity index (χ1n) is 9.29. The van der Waals surface area contributed by atoms with Gasteiger partial charge in [-0.2, -0.15) is 0 Å². The molecule has 1 amide bonds. The number of rotatable bonds is 7. The van der Waals surface area contributed by atoms with Gasteiger partial charge in [-0.1, -0.05) is 54.1 Å². The van der Waals surface area contributed by atoms with Crippen molar-refractivity contribution in [3.05, 3.63) is 65.2 Å². The Morgan fingerprint density at radius 2 is 1.81 bits per heavy atom. The van der Waals surface area contributed by atoms with Crippen molar-refractivity contribution in [2.75, 3.05) is 32.1 Å². The van der Waals surface area contributed by atoms with E-state index < -0.39 is 0 Å². The molecule has 144 valence electrons. The molecule has 27 heavy (non-hydrogen) atoms. The third-order valence-corrected chi connectivity index (χ3v) is 6.33. The highest BCUT2D eigenvalue weighted by Crippen LogP contribution is 2.26. The van der Waals surface area contributed by atoms with Gasteiger partial charge in [0.25, 0.3) is 0 Å². The molecule has 0 unspecified atom stereocenters. The Morgan fingerprint density at radius 3 is 2.52 bits per heavy atom. The summed E-state index contributed by atoms with van der Waals surface area (Å²) in [5.74, 6) is 0.384. The number of ether oxygens (including phenoxy) is 1. The Bertz CT molecular complexity index is 738. The highest BCUT2D eigenvalue weighted by Gasteiger charge is 2.32. The highest BCUT2D eigenvalue weighted by atomic mass is 35.5. The molecule has 1 fully saturated rings. The van der Waals surface area contributed by atoms with Crippen LogP contribution in [0.2, 0.25) is 5.02 Å². The number of nitrogens with one attached hydrogen (secondary N) is 2. The number of carbonyl (C=O) groups is 1. The zero-order valence-corrected chi connectivity index (χ0v) is 17.1. The van der Waals surface area contributed by atoms with Crippen LogP contribution in [0.4, 0.5) is 0 Å². The Morgan fingerprint density at radius 1 is 1.15 bits per heavy atom. The summed E-state index contributed by atoms with van der Waals surface area (Å²) in [4.78, 5) is 14.9. The Labute approximate surface area is 170 Å². The molecule has 0 spiro atoms. The minimum Gasteiger partial charge on any atom is -0.370 e. The number of hydrogen-bond acceptors (Lipinski definition) is 3. The van der Waals surface area contributed by atoms with Crippen LogP contribution < -0.4 is 10.2 Å². The molecule has 6 heteroatoms. The van der Waals surface area contributed by atoms with E-state index in [1.807, 2.05) is 30.3 Å². The number of morpholine rings is 1. The van der Waals surface area contributed by atoms with Crippen LogP contribution in [0.15, 0.2) is 59.5 Å². The number of halogens is 1. The predicted octanol–water partition coefficient (Wildman–Crippen LogP) is 2.59. The first kappa shape index (κ1) is 20.2. The largest absolute Gasteiger partial charge is 0.370 e. The van der Waals surface area contributed by atoms with E-state index in [0.29, 0.717) is 10.8 Å². The molecule has 0 aromatic heterocycles. The number of amides is 1. The second-order valence-corrected chi connectivity index (χ2v) is 8.16. The summed E-state index contributed by atoms with van der Waals surface area (Å²) in [6, 6.07) is 18.3. The van der Waals surface area contributed by atoms with Crippen molar-refractivity contribution in [2.45, 2.75) is 23.9 Å². The minimum absolute atomic E-state index is 0.0276. The van der Waals surface area contributed by atoms with Gasteiger partial charge in [-0.3, -0.25) is 4.79 Å². The molecule has 0 bridgehead atoms. The van der Waals surface area contributed by atoms with Crippen molar-refractivity contribution in [1.29, 1.82) is 0 Å². The minimum atomic E-state index is 0.0276. The van der Waals surface area contributed by atoms with Gasteiger partial charge in [0.15, 0.2) is 0 Å². The van der Waals surface area contributed by atoms with Gasteiger partial charge in [0.05, 0.1) is 30.0 Å². The fourth-order valence-electron chi connectivity index (χ4n) is 3.57. The lowest BCUT2D eigenvalue weighted by atomic mass is 9.98. The van der Waals surface area contributed by atoms with Crippen molar-refractivity contribution in [2.24, 2.45) is 0 Å². The molecule has 3 rings (SSSR count). The molecule has 0 aliphatic carbocycles. The van der Waals surface area contributed by atoms with Crippen molar-refractivity contribution in [1.82, 2.24) is 5.32 Å². The third-order valence-electron chi connectivity index (χ3n) is 4.82. The van der Waals surface area contributed by atoms with E-state index in [0.717, 1.165) is 31.2 Å². The van der Waals surface area contributed by atoms with Crippen LogP contribution in [0, 0.1) is 0 Å². The smallest absolute Gasteiger partial charge is 0.230 e. The summed E-state index contributed by atoms with van der Waals surface area (Å²) in [7, 11) is 0. The number of benzene rings is 2. The molecule has 2 N–H and O–H groups in total. The van der Waals surface area contributed by atoms with Crippen LogP contribution in [-0.2, 0) is 9.53 Å². The van der Waals surface area contributed by atoms with Gasteiger partial charge in [-0.15, -0.1) is 11.8 Å². The lowest BCUT2D eigenvalue weighted by Gasteiger charge is -2.35. The van der Waals surface area contributed by atoms with E-state index in [-0.39, 0.29) is 18.0 Å². The van der Waals surface area contributed by atoms with Gasteiger partial charge < -0.3 is 15.0 Å². The maximum atomic E-state index is 12.5. The maximum absolute atomic E-state index is 12.5. The van der Waals surface area contributed by atoms with Crippen LogP contribution in [0.3, 0.4) is 0 Å². The molecule has 1 saturated heterocycles. The standard InChI is InChI=1S/C21H25ClN2O2S/c1-16(23-20(25)15-27-19-10-6-5-9-18(19)22)21(17-7-3-2-4-8-17)24-11-13-26-14-12-24/h2-10,16,21H,11-15H2,1H3,(H,23,25)/p+1/t16-,21-/m0/s1. The van der Waals surface area contributed by atoms with Gasteiger partial charge in [-0.05, 0) is 19.1 Å². The van der Waals surface area contributed by atoms with Crippen LogP contribution >= 0.6 is 23.4 Å². The van der Waals surface area contributed by atoms with E-state index in [1.54, 1.807) is 0 Å². The number of quaternary nitrogens is 1. The molecule has 1 aliphatic heterocycles. The van der Waals surface area contributed by atoms with Crippen LogP contribution in [0.25, 0.3) is 0 Å². The second-order valence-electron chi connectivity index (χ2n) is 6.73. The molecule has 1 aliphatic rings. The van der Waals surface area contributed by atoms with Gasteiger partial charge in [0.2, 0.25) is 5.91 Å². The van der Waals surface area contributed by atoms with Gasteiger partial charge >= 0.3 is 0 Å². The van der Waals surface area contributed by atoms with E-state index in [2.05, 4.69) is 36.5 Å². The first-order valence-corrected chi connectivity index (χ1v) is 10.7. The first-order chi connectivity index (χ1) is 13.1. The van der Waals surface area contributed by atoms with Crippen LogP contribution in [0.1, 0.15) is 18.5 Å². The molecule has 2 atom stereocenters. The summed E-state index contributed by atoms with van der Waals surface area (Å²) in [5.41, 5.74) is 1.25. The summed E-state index contributed by atoms with van der Waals surface area (Å²) >= 11 is 7.65. The highest BCUT2D eigenvalue weighted by molar-refractivity contribution is 8.00. The number of hydrogen-bond donors (Lipinski definition) is 2. The van der Waals surface area contributed by atoms with Gasteiger partial charge in [0.1, 0.15) is 19.1 Å². The van der Waals surface area contributed by atoms with Crippen molar-refractivity contribution >= 4 is 29.3 Å². The average molecular weight is 406 g/mol. The SMILES string of the molecule is C[C@H](NC(=O)CSc1ccccc1Cl)[C@@H](c1ccccc1)[NH+]1CCOCC1. The lowest BCUT2D eigenvalue weighted by Crippen LogP contribution is -3.15. The van der Waals surface area contributed by atoms with Crippen molar-refractivity contribution in [3.8, 4) is 0 Å². The molecule has 2 aromatic carbocycles. The summed E-state index contributed by atoms with van der Waals surface area (Å²) in [6.45, 7) is 5.53. The summed E-state index contributed by atoms with van der Waals surface area (Å²) in [6.07, 6.45) is 0. The lowest BCUT2D eigenvalue weighted by molar-refractivity contribution is -0.940. The van der Waals surface area contributed by atoms with E-state index >= 15 is 0 Å². The number of thioether (sulfide) groups is 1. The fourth-order valence-corrected chi connectivity index (χ4v) is 4.62. The zero-order valence-electron chi connectivity index (χ0n) is 15.5. The van der Waals surface area contributed by atoms with Crippen molar-refractivity contribution < 1.29 is 14.4 Å². The Kier molecular flexibility index (Phi) is 7.59. The monoisotopic (exact) mass is 405 g/mol. The fraction of sp³-hybridized carbons (Fsp3) is 0.381. The van der Waals surface area contributed by atoms with Crippen LogP contribution in [0.5, 0.6) is 0 Å². The summed E-state index contributed by atoms with van der Waals surface area (Å²) in [5, 5.41) is 3.88. The molecule has 4 nitrogen and oxygen atoms in total. The van der Waals surface area contributed by atoms with E-state index in [9.17, 15) is 4.79 Å². The maximum Gasteiger partial charge on any atom is 0.230 e. The molecule has 1 heterocycles. The quantitative estimate of drug-likeness (QED) is 0.696. The molecule has 0 saturated carbocycles. The van der Waals surface area contributed by atoms with Gasteiger partial charge in [0, 0.05) is 10.5 Å². The molecular formula is C21H26ClN2O2S+. The zero-order chi connectivity index (χ0) is 19.1. The Balaban J connectivity index is 1.64. The molecule has 2 aromatic rings. The van der Waals surface area contributed by atoms with Crippen molar-refractivity contribution in [3.63, 3.8) is 0 Å². The topological polar surface area (TPSA) is 42.8 Å². The third kappa shape index (κ3) is 5.72. The van der Waals surface area contributed by atoms with Gasteiger partial charge in [-0.25, -0.2) is 0 Å². The second kappa shape index (κ2) is 10.1. The normalized spacial score (nSPS) is 17.3. The molecular weight excluding hydrogens is 380 g/mol. The van der Waals surface area contributed by atoms with E-state index in [1.165, 1.54) is 22.2 Å². The number of carbonyl (C=O) groups excluding carboxylic acids is 1. The summed E-state index contributed by atoms with van der Waals surface area (Å²) < 4.78 is 5.52. The molecule has 0 radical (unpaired) electrons. The van der Waals surface area contributed by atoms with E-state index in [4.69, 9.17) is 16.3 Å². The predicted molar refractivity (Wildman–Crippen MR) is 110 cm³/mol. The van der Waals surface area contributed by atoms with Crippen LogP contribution in [-0.4, -0.2) is 44.0 Å². The average Bonchev–Trinajstić information content (AvgIpc) is 2.69.